The Bertz CT molecular complexity index is 3860. The molecule has 0 aliphatic carbocycles. The van der Waals surface area contributed by atoms with Crippen LogP contribution in [0.5, 0.6) is 0 Å². The van der Waals surface area contributed by atoms with Gasteiger partial charge in [-0.3, -0.25) is 56.1 Å². The van der Waals surface area contributed by atoms with Crippen LogP contribution in [0.1, 0.15) is 25.1 Å². The average molecular weight is 1300 g/mol. The normalized spacial score (nSPS) is 29.2. The van der Waals surface area contributed by atoms with Crippen molar-refractivity contribution in [3.63, 3.8) is 0 Å². The van der Waals surface area contributed by atoms with E-state index in [0.717, 1.165) is 40.1 Å². The smallest absolute Gasteiger partial charge is 0.387 e. The number of nitrogens with zero attached hydrogens (tertiary/aromatic N) is 11. The lowest BCUT2D eigenvalue weighted by molar-refractivity contribution is -0.745. The number of ether oxygens (including phenoxy) is 4. The quantitative estimate of drug-likeness (QED) is 0.0216. The zero-order valence-corrected chi connectivity index (χ0v) is 47.8. The Morgan fingerprint density at radius 1 is 0.690 bits per heavy atom. The van der Waals surface area contributed by atoms with Crippen LogP contribution in [-0.2, 0) is 84.6 Å². The number of phosphoric ester groups is 3. The van der Waals surface area contributed by atoms with E-state index in [2.05, 4.69) is 52.8 Å². The minimum atomic E-state index is -6.48. The van der Waals surface area contributed by atoms with Gasteiger partial charge < -0.3 is 80.8 Å². The minimum Gasteiger partial charge on any atom is -0.387 e. The summed E-state index contributed by atoms with van der Waals surface area (Å²) in [4.78, 5) is 121. The lowest BCUT2D eigenvalue weighted by atomic mass is 9.94. The molecule has 9 heterocycles. The third-order valence-electron chi connectivity index (χ3n) is 12.9. The summed E-state index contributed by atoms with van der Waals surface area (Å²) in [6.45, 7) is -3.51. The maximum atomic E-state index is 13.7. The summed E-state index contributed by atoms with van der Waals surface area (Å²) in [7, 11) is -25.3. The van der Waals surface area contributed by atoms with Crippen molar-refractivity contribution in [3.05, 3.63) is 46.0 Å². The second-order valence-corrected chi connectivity index (χ2v) is 26.3. The molecule has 9 rings (SSSR count). The van der Waals surface area contributed by atoms with Gasteiger partial charge in [0.2, 0.25) is 23.6 Å². The van der Waals surface area contributed by atoms with Gasteiger partial charge >= 0.3 is 44.8 Å². The molecule has 5 unspecified atom stereocenters. The van der Waals surface area contributed by atoms with Gasteiger partial charge in [-0.2, -0.15) is 17.9 Å². The third-order valence-corrected chi connectivity index (χ3v) is 19.7. The summed E-state index contributed by atoms with van der Waals surface area (Å²) in [6, 6.07) is 0. The molecule has 462 valence electrons. The number of methoxy groups -OCH3 is 1. The fourth-order valence-electron chi connectivity index (χ4n) is 9.16. The first kappa shape index (κ1) is 63.0. The van der Waals surface area contributed by atoms with Gasteiger partial charge in [0.05, 0.1) is 45.6 Å². The number of hydrogen-bond donors (Lipinski definition) is 13. The monoisotopic (exact) mass is 1300 g/mol. The molecule has 0 aromatic carbocycles. The molecule has 6 aromatic rings. The Hall–Kier alpha value is -5.49. The number of aliphatic hydroxyl groups is 3. The molecule has 16 N–H and O–H groups in total. The van der Waals surface area contributed by atoms with Crippen molar-refractivity contribution in [3.8, 4) is 0 Å². The minimum absolute atomic E-state index is 0.00986. The maximum absolute atomic E-state index is 13.7. The van der Waals surface area contributed by atoms with Crippen LogP contribution in [0.15, 0.2) is 34.9 Å². The molecule has 1 amide bonds. The van der Waals surface area contributed by atoms with E-state index in [4.69, 9.17) is 54.2 Å². The highest BCUT2D eigenvalue weighted by molar-refractivity contribution is 7.69. The van der Waals surface area contributed by atoms with Crippen molar-refractivity contribution in [1.82, 2.24) is 58.5 Å². The van der Waals surface area contributed by atoms with Crippen LogP contribution in [0.3, 0.4) is 0 Å². The summed E-state index contributed by atoms with van der Waals surface area (Å²) in [5.74, 6) is -2.66. The predicted molar refractivity (Wildman–Crippen MR) is 271 cm³/mol. The van der Waals surface area contributed by atoms with Crippen LogP contribution in [0.2, 0.25) is 0 Å². The maximum Gasteiger partial charge on any atom is 0.490 e. The van der Waals surface area contributed by atoms with Gasteiger partial charge in [0.25, 0.3) is 17.1 Å². The molecule has 48 heteroatoms. The van der Waals surface area contributed by atoms with E-state index < -0.39 is 156 Å². The zero-order valence-electron chi connectivity index (χ0n) is 43.3. The second kappa shape index (κ2) is 23.7. The van der Waals surface area contributed by atoms with E-state index in [9.17, 15) is 77.0 Å². The van der Waals surface area contributed by atoms with E-state index in [-0.39, 0.29) is 51.2 Å². The first-order chi connectivity index (χ1) is 39.2. The molecule has 0 bridgehead atoms. The third kappa shape index (κ3) is 13.2. The molecule has 17 atom stereocenters. The number of nitrogens with two attached hydrogens (primary N) is 3. The van der Waals surface area contributed by atoms with Crippen molar-refractivity contribution >= 4 is 96.2 Å². The number of rotatable bonds is 23. The number of aryl methyl sites for hydroxylation is 1. The Kier molecular flexibility index (Phi) is 17.7. The fourth-order valence-corrected chi connectivity index (χ4v) is 15.1. The van der Waals surface area contributed by atoms with E-state index in [0.29, 0.717) is 0 Å². The van der Waals surface area contributed by atoms with E-state index >= 15 is 0 Å². The number of aromatic nitrogens is 12. The molecule has 43 nitrogen and oxygen atoms in total. The van der Waals surface area contributed by atoms with Gasteiger partial charge in [-0.15, -0.1) is 0 Å². The van der Waals surface area contributed by atoms with Gasteiger partial charge in [-0.25, -0.2) is 47.3 Å². The highest BCUT2D eigenvalue weighted by Crippen LogP contribution is 2.71. The average Bonchev–Trinajstić information content (AvgIpc) is 2.06. The first-order valence-corrected chi connectivity index (χ1v) is 31.2. The summed E-state index contributed by atoms with van der Waals surface area (Å²) in [5.41, 5.74) is 15.3. The highest BCUT2D eigenvalue weighted by atomic mass is 31.3. The van der Waals surface area contributed by atoms with Crippen LogP contribution in [0, 0.1) is 5.92 Å². The number of nitrogens with one attached hydrogen (secondary N) is 2. The molecule has 3 aliphatic rings. The standard InChI is InChI=1S/C36H51N16O27P5/c1-48(2)17(53)5-13-14(73-32(21(13)54)52-12-49(3)20-29(52)45-36(39)47-31(20)58)6-71-81(61,62)77-83(65,66)79-84(67,68)78-82(63,64)72-8-16-24(25(69-4)34(75-16)50-10-42-18-26(37)40-9-41-27(18)50)76-80(59,60)70-7-15-22(55)23(56)33(74-15)51-11-43-19-28(51)44-35(38)46-30(19)57/h9-16,21-25,32-34,54-56H,5-8H2,1-4H3,(H12-,37,38,39,40,41,44,45,46,47,57,58,59,60,61,62,63,64,65,66,67,68)/p+1/t13-,14-,15-,16-,21-,22-,23-,24-,25-,32-,33-,34-/m1/s1. The largest absolute Gasteiger partial charge is 0.490 e. The van der Waals surface area contributed by atoms with Gasteiger partial charge in [0.1, 0.15) is 54.6 Å². The van der Waals surface area contributed by atoms with E-state index in [1.54, 1.807) is 0 Å². The topological polar surface area (TPSA) is 609 Å². The molecule has 3 saturated heterocycles. The number of aromatic amines is 2. The van der Waals surface area contributed by atoms with Gasteiger partial charge in [-0.1, -0.05) is 4.98 Å². The molecule has 84 heavy (non-hydrogen) atoms. The number of hydrogen-bond acceptors (Lipinski definition) is 31. The zero-order chi connectivity index (χ0) is 61.3. The Labute approximate surface area is 466 Å². The summed E-state index contributed by atoms with van der Waals surface area (Å²) in [5, 5.41) is 33.2. The lowest BCUT2D eigenvalue weighted by Gasteiger charge is -2.26. The predicted octanol–water partition coefficient (Wildman–Crippen LogP) is -3.86. The van der Waals surface area contributed by atoms with Crippen LogP contribution in [-0.4, -0.2) is 194 Å². The summed E-state index contributed by atoms with van der Waals surface area (Å²) >= 11 is 0. The SMILES string of the molecule is CO[C@@H]1[C@H](OP(=O)(O)OC[C@H]2O[C@@H](n3cnc4c(=O)[nH]c(N)nc43)[C@H](O)[C@@H]2O)[C@@H](COP(=O)(O)OP(=O)(O)OP(=O)(O)OP(=O)(O)OC[C@H]2O[C@@H]([n+]3cn(C)c4c(=O)[nH]c(N)nc43)[C@H](O)[C@@H]2CC(=O)N(C)C)O[C@H]1n1cnc2c(N)ncnc21. The van der Waals surface area contributed by atoms with Crippen LogP contribution in [0.25, 0.3) is 33.5 Å². The summed E-state index contributed by atoms with van der Waals surface area (Å²) in [6.07, 6.45) is -14.6. The molecule has 6 aromatic heterocycles. The first-order valence-electron chi connectivity index (χ1n) is 23.7. The highest BCUT2D eigenvalue weighted by Gasteiger charge is 2.54. The summed E-state index contributed by atoms with van der Waals surface area (Å²) < 4.78 is 126. The van der Waals surface area contributed by atoms with Crippen molar-refractivity contribution in [2.24, 2.45) is 13.0 Å². The molecule has 0 saturated carbocycles. The number of imidazole rings is 3. The number of phosphoric acid groups is 5. The molecule has 3 fully saturated rings. The number of fused-ring (bicyclic) bond motifs is 3. The van der Waals surface area contributed by atoms with Crippen LogP contribution >= 0.6 is 39.1 Å². The number of H-pyrrole nitrogens is 2. The Balaban J connectivity index is 0.860. The van der Waals surface area contributed by atoms with Crippen LogP contribution in [0.4, 0.5) is 17.7 Å². The lowest BCUT2D eigenvalue weighted by Crippen LogP contribution is -2.45. The number of aliphatic hydroxyl groups excluding tert-OH is 3. The number of carbonyl (C=O) groups excluding carboxylic acids is 1. The molecular weight excluding hydrogens is 1240 g/mol. The molecular formula is C36H52N16O27P5+. The number of nitrogen functional groups attached to an aromatic ring is 3. The van der Waals surface area contributed by atoms with Crippen molar-refractivity contribution in [2.75, 3.05) is 58.2 Å². The van der Waals surface area contributed by atoms with E-state index in [1.165, 1.54) is 36.6 Å². The van der Waals surface area contributed by atoms with Gasteiger partial charge in [0.15, 0.2) is 41.4 Å². The Morgan fingerprint density at radius 3 is 1.89 bits per heavy atom. The van der Waals surface area contributed by atoms with Crippen molar-refractivity contribution < 1.29 is 122 Å². The molecule has 0 spiro atoms. The van der Waals surface area contributed by atoms with E-state index in [1.807, 2.05) is 0 Å². The fraction of sp³-hybridized carbons (Fsp3) is 0.556. The van der Waals surface area contributed by atoms with Crippen molar-refractivity contribution in [1.29, 1.82) is 0 Å². The molecule has 0 radical (unpaired) electrons. The van der Waals surface area contributed by atoms with Crippen molar-refractivity contribution in [2.45, 2.75) is 73.9 Å². The number of carbonyl (C=O) groups is 1. The molecule has 3 aliphatic heterocycles. The Morgan fingerprint density at radius 2 is 1.25 bits per heavy atom. The van der Waals surface area contributed by atoms with Gasteiger partial charge in [0, 0.05) is 33.5 Å². The number of anilines is 3. The number of amides is 1. The van der Waals surface area contributed by atoms with Gasteiger partial charge in [-0.05, 0) is 0 Å². The van der Waals surface area contributed by atoms with Crippen LogP contribution < -0.4 is 32.9 Å². The second-order valence-electron chi connectivity index (χ2n) is 18.7.